The Morgan fingerprint density at radius 3 is 2.62 bits per heavy atom. The van der Waals surface area contributed by atoms with E-state index in [-0.39, 0.29) is 17.8 Å². The molecule has 7 heteroatoms. The van der Waals surface area contributed by atoms with Gasteiger partial charge in [0.2, 0.25) is 5.91 Å². The van der Waals surface area contributed by atoms with Crippen LogP contribution in [0.1, 0.15) is 12.8 Å². The van der Waals surface area contributed by atoms with Gasteiger partial charge in [0.05, 0.1) is 6.54 Å². The number of aryl methyl sites for hydroxylation is 1. The van der Waals surface area contributed by atoms with Crippen LogP contribution in [0.5, 0.6) is 5.75 Å². The maximum atomic E-state index is 12.9. The Labute approximate surface area is 140 Å². The summed E-state index contributed by atoms with van der Waals surface area (Å²) in [6.45, 7) is 1.93. The summed E-state index contributed by atoms with van der Waals surface area (Å²) in [6.07, 6.45) is 3.57. The van der Waals surface area contributed by atoms with E-state index >= 15 is 0 Å². The summed E-state index contributed by atoms with van der Waals surface area (Å²) >= 11 is 0. The zero-order chi connectivity index (χ0) is 16.9. The van der Waals surface area contributed by atoms with Crippen molar-refractivity contribution in [2.24, 2.45) is 7.05 Å². The van der Waals surface area contributed by atoms with Gasteiger partial charge in [0.15, 0.2) is 5.82 Å². The Hall–Kier alpha value is -2.41. The summed E-state index contributed by atoms with van der Waals surface area (Å²) in [6, 6.07) is 7.84. The van der Waals surface area contributed by atoms with Gasteiger partial charge in [0.25, 0.3) is 0 Å². The van der Waals surface area contributed by atoms with E-state index in [4.69, 9.17) is 4.74 Å². The maximum Gasteiger partial charge on any atom is 0.239 e. The van der Waals surface area contributed by atoms with Crippen molar-refractivity contribution >= 4 is 11.7 Å². The number of benzene rings is 1. The van der Waals surface area contributed by atoms with E-state index < -0.39 is 0 Å². The molecule has 2 aromatic rings. The molecule has 0 atom stereocenters. The SMILES string of the molecule is Cn1ccc(NC(=O)CN2CCC(Oc3ccc(F)cc3)CC2)n1. The quantitative estimate of drug-likeness (QED) is 0.910. The van der Waals surface area contributed by atoms with Crippen LogP contribution >= 0.6 is 0 Å². The molecule has 0 unspecified atom stereocenters. The number of amides is 1. The van der Waals surface area contributed by atoms with Gasteiger partial charge in [-0.2, -0.15) is 5.10 Å². The molecule has 1 amide bonds. The molecule has 0 aliphatic carbocycles. The zero-order valence-electron chi connectivity index (χ0n) is 13.6. The predicted molar refractivity (Wildman–Crippen MR) is 88.3 cm³/mol. The van der Waals surface area contributed by atoms with Crippen molar-refractivity contribution in [1.29, 1.82) is 0 Å². The molecule has 6 nitrogen and oxygen atoms in total. The van der Waals surface area contributed by atoms with E-state index in [9.17, 15) is 9.18 Å². The standard InChI is InChI=1S/C17H21FN4O2/c1-21-9-8-16(20-21)19-17(23)12-22-10-6-15(7-11-22)24-14-4-2-13(18)3-5-14/h2-5,8-9,15H,6-7,10-12H2,1H3,(H,19,20,23). The first-order valence-corrected chi connectivity index (χ1v) is 8.02. The minimum absolute atomic E-state index is 0.0633. The number of piperidine rings is 1. The summed E-state index contributed by atoms with van der Waals surface area (Å²) in [4.78, 5) is 14.1. The third kappa shape index (κ3) is 4.55. The van der Waals surface area contributed by atoms with Gasteiger partial charge in [0, 0.05) is 32.4 Å². The van der Waals surface area contributed by atoms with Gasteiger partial charge >= 0.3 is 0 Å². The van der Waals surface area contributed by atoms with E-state index in [1.54, 1.807) is 29.1 Å². The third-order valence-electron chi connectivity index (χ3n) is 4.00. The van der Waals surface area contributed by atoms with Crippen molar-refractivity contribution in [2.75, 3.05) is 25.0 Å². The number of likely N-dealkylation sites (tertiary alicyclic amines) is 1. The molecule has 128 valence electrons. The smallest absolute Gasteiger partial charge is 0.239 e. The first-order chi connectivity index (χ1) is 11.6. The van der Waals surface area contributed by atoms with Gasteiger partial charge < -0.3 is 10.1 Å². The monoisotopic (exact) mass is 332 g/mol. The Bertz CT molecular complexity index is 678. The average Bonchev–Trinajstić information content (AvgIpc) is 2.96. The van der Waals surface area contributed by atoms with Crippen LogP contribution in [0.25, 0.3) is 0 Å². The van der Waals surface area contributed by atoms with Crippen molar-refractivity contribution in [3.63, 3.8) is 0 Å². The third-order valence-corrected chi connectivity index (χ3v) is 4.00. The van der Waals surface area contributed by atoms with E-state index in [1.807, 2.05) is 7.05 Å². The van der Waals surface area contributed by atoms with Crippen LogP contribution in [0.3, 0.4) is 0 Å². The second-order valence-corrected chi connectivity index (χ2v) is 5.97. The predicted octanol–water partition coefficient (Wildman–Crippen LogP) is 2.04. The topological polar surface area (TPSA) is 59.4 Å². The van der Waals surface area contributed by atoms with Gasteiger partial charge in [-0.25, -0.2) is 4.39 Å². The molecule has 1 aliphatic heterocycles. The van der Waals surface area contributed by atoms with Crippen LogP contribution in [0.4, 0.5) is 10.2 Å². The van der Waals surface area contributed by atoms with Gasteiger partial charge in [-0.3, -0.25) is 14.4 Å². The van der Waals surface area contributed by atoms with Crippen LogP contribution < -0.4 is 10.1 Å². The number of carbonyl (C=O) groups excluding carboxylic acids is 1. The number of carbonyl (C=O) groups is 1. The fourth-order valence-corrected chi connectivity index (χ4v) is 2.76. The number of hydrogen-bond acceptors (Lipinski definition) is 4. The van der Waals surface area contributed by atoms with E-state index in [0.29, 0.717) is 18.1 Å². The number of aromatic nitrogens is 2. The lowest BCUT2D eigenvalue weighted by molar-refractivity contribution is -0.117. The highest BCUT2D eigenvalue weighted by Gasteiger charge is 2.22. The number of halogens is 1. The van der Waals surface area contributed by atoms with Crippen molar-refractivity contribution < 1.29 is 13.9 Å². The first kappa shape index (κ1) is 16.4. The van der Waals surface area contributed by atoms with E-state index in [2.05, 4.69) is 15.3 Å². The number of ether oxygens (including phenoxy) is 1. The highest BCUT2D eigenvalue weighted by molar-refractivity contribution is 5.91. The number of anilines is 1. The average molecular weight is 332 g/mol. The Morgan fingerprint density at radius 2 is 2.00 bits per heavy atom. The Morgan fingerprint density at radius 1 is 1.29 bits per heavy atom. The summed E-state index contributed by atoms with van der Waals surface area (Å²) < 4.78 is 20.4. The second kappa shape index (κ2) is 7.44. The van der Waals surface area contributed by atoms with Crippen LogP contribution in [0.2, 0.25) is 0 Å². The molecule has 3 rings (SSSR count). The lowest BCUT2D eigenvalue weighted by atomic mass is 10.1. The molecule has 1 aromatic heterocycles. The molecule has 2 heterocycles. The lowest BCUT2D eigenvalue weighted by Crippen LogP contribution is -2.42. The highest BCUT2D eigenvalue weighted by Crippen LogP contribution is 2.19. The zero-order valence-corrected chi connectivity index (χ0v) is 13.6. The molecule has 24 heavy (non-hydrogen) atoms. The molecule has 1 aliphatic rings. The van der Waals surface area contributed by atoms with E-state index in [0.717, 1.165) is 25.9 Å². The normalized spacial score (nSPS) is 16.1. The van der Waals surface area contributed by atoms with E-state index in [1.165, 1.54) is 12.1 Å². The van der Waals surface area contributed by atoms with Crippen molar-refractivity contribution in [2.45, 2.75) is 18.9 Å². The summed E-state index contributed by atoms with van der Waals surface area (Å²) in [5.41, 5.74) is 0. The summed E-state index contributed by atoms with van der Waals surface area (Å²) in [7, 11) is 1.81. The minimum Gasteiger partial charge on any atom is -0.490 e. The van der Waals surface area contributed by atoms with Crippen LogP contribution in [0, 0.1) is 5.82 Å². The fraction of sp³-hybridized carbons (Fsp3) is 0.412. The largest absolute Gasteiger partial charge is 0.490 e. The van der Waals surface area contributed by atoms with Gasteiger partial charge in [-0.15, -0.1) is 0 Å². The van der Waals surface area contributed by atoms with Crippen molar-refractivity contribution in [3.05, 3.63) is 42.3 Å². The van der Waals surface area contributed by atoms with Gasteiger partial charge in [-0.05, 0) is 37.1 Å². The molecule has 0 bridgehead atoms. The maximum absolute atomic E-state index is 12.9. The van der Waals surface area contributed by atoms with Crippen LogP contribution in [-0.4, -0.2) is 46.3 Å². The molecule has 0 radical (unpaired) electrons. The fourth-order valence-electron chi connectivity index (χ4n) is 2.76. The summed E-state index contributed by atoms with van der Waals surface area (Å²) in [5.74, 6) is 0.919. The molecule has 0 spiro atoms. The number of nitrogens with zero attached hydrogens (tertiary/aromatic N) is 3. The second-order valence-electron chi connectivity index (χ2n) is 5.97. The van der Waals surface area contributed by atoms with Crippen LogP contribution in [-0.2, 0) is 11.8 Å². The molecule has 1 aromatic carbocycles. The molecule has 1 saturated heterocycles. The molecule has 1 N–H and O–H groups in total. The molecular formula is C17H21FN4O2. The Kier molecular flexibility index (Phi) is 5.10. The number of nitrogens with one attached hydrogen (secondary N) is 1. The van der Waals surface area contributed by atoms with Gasteiger partial charge in [0.1, 0.15) is 17.7 Å². The minimum atomic E-state index is -0.268. The van der Waals surface area contributed by atoms with Crippen molar-refractivity contribution in [1.82, 2.24) is 14.7 Å². The molecular weight excluding hydrogens is 311 g/mol. The lowest BCUT2D eigenvalue weighted by Gasteiger charge is -2.31. The van der Waals surface area contributed by atoms with Crippen LogP contribution in [0.15, 0.2) is 36.5 Å². The molecule has 0 saturated carbocycles. The summed E-state index contributed by atoms with van der Waals surface area (Å²) in [5, 5.41) is 6.92. The first-order valence-electron chi connectivity index (χ1n) is 8.02. The highest BCUT2D eigenvalue weighted by atomic mass is 19.1. The number of rotatable bonds is 5. The Balaban J connectivity index is 1.41. The number of hydrogen-bond donors (Lipinski definition) is 1. The van der Waals surface area contributed by atoms with Crippen molar-refractivity contribution in [3.8, 4) is 5.75 Å². The van der Waals surface area contributed by atoms with Gasteiger partial charge in [-0.1, -0.05) is 0 Å². The molecule has 1 fully saturated rings.